The molecule has 0 aliphatic rings. The third-order valence-corrected chi connectivity index (χ3v) is 3.79. The topological polar surface area (TPSA) is 59.5 Å². The fourth-order valence-electron chi connectivity index (χ4n) is 2.13. The van der Waals surface area contributed by atoms with Gasteiger partial charge in [0, 0.05) is 24.9 Å². The van der Waals surface area contributed by atoms with Gasteiger partial charge in [0.2, 0.25) is 5.91 Å². The lowest BCUT2D eigenvalue weighted by molar-refractivity contribution is -0.132. The maximum Gasteiger partial charge on any atom is 0.224 e. The number of hydrogen-bond acceptors (Lipinski definition) is 3. The zero-order chi connectivity index (χ0) is 14.7. The number of nitrogens with two attached hydrogens (primary N) is 1. The van der Waals surface area contributed by atoms with Crippen molar-refractivity contribution in [3.8, 4) is 0 Å². The Hall–Kier alpha value is -1.81. The second kappa shape index (κ2) is 6.09. The predicted molar refractivity (Wildman–Crippen MR) is 80.3 cm³/mol. The van der Waals surface area contributed by atoms with Crippen LogP contribution < -0.4 is 5.73 Å². The van der Waals surface area contributed by atoms with Crippen molar-refractivity contribution in [2.45, 2.75) is 38.8 Å². The van der Waals surface area contributed by atoms with E-state index in [1.165, 1.54) is 0 Å². The average Bonchev–Trinajstić information content (AvgIpc) is 2.89. The minimum atomic E-state index is -0.0982. The number of benzene rings is 1. The SMILES string of the molecule is CCC(N)CC(=O)N(C)C(C)c1cc2ccccc2o1. The fraction of sp³-hybridized carbons (Fsp3) is 0.438. The van der Waals surface area contributed by atoms with Crippen LogP contribution in [-0.2, 0) is 4.79 Å². The van der Waals surface area contributed by atoms with Crippen molar-refractivity contribution in [2.24, 2.45) is 5.73 Å². The van der Waals surface area contributed by atoms with Crippen LogP contribution in [0.25, 0.3) is 11.0 Å². The van der Waals surface area contributed by atoms with Crippen molar-refractivity contribution in [3.63, 3.8) is 0 Å². The normalized spacial score (nSPS) is 14.2. The number of furan rings is 1. The first-order chi connectivity index (χ1) is 9.52. The molecule has 0 saturated heterocycles. The summed E-state index contributed by atoms with van der Waals surface area (Å²) in [6.07, 6.45) is 1.18. The molecule has 108 valence electrons. The Labute approximate surface area is 119 Å². The van der Waals surface area contributed by atoms with E-state index < -0.39 is 0 Å². The molecule has 0 saturated carbocycles. The van der Waals surface area contributed by atoms with Crippen molar-refractivity contribution < 1.29 is 9.21 Å². The lowest BCUT2D eigenvalue weighted by Crippen LogP contribution is -2.34. The van der Waals surface area contributed by atoms with Gasteiger partial charge in [-0.2, -0.15) is 0 Å². The van der Waals surface area contributed by atoms with Crippen LogP contribution in [-0.4, -0.2) is 23.9 Å². The molecule has 0 aliphatic heterocycles. The summed E-state index contributed by atoms with van der Waals surface area (Å²) in [5.74, 6) is 0.847. The van der Waals surface area contributed by atoms with Gasteiger partial charge in [0.15, 0.2) is 0 Å². The monoisotopic (exact) mass is 274 g/mol. The van der Waals surface area contributed by atoms with Gasteiger partial charge >= 0.3 is 0 Å². The number of carbonyl (C=O) groups is 1. The maximum absolute atomic E-state index is 12.1. The highest BCUT2D eigenvalue weighted by atomic mass is 16.3. The van der Waals surface area contributed by atoms with Gasteiger partial charge in [-0.3, -0.25) is 4.79 Å². The fourth-order valence-corrected chi connectivity index (χ4v) is 2.13. The van der Waals surface area contributed by atoms with E-state index in [0.717, 1.165) is 23.2 Å². The predicted octanol–water partition coefficient (Wildman–Crippen LogP) is 3.08. The van der Waals surface area contributed by atoms with Crippen molar-refractivity contribution >= 4 is 16.9 Å². The number of rotatable bonds is 5. The van der Waals surface area contributed by atoms with E-state index in [1.54, 1.807) is 11.9 Å². The van der Waals surface area contributed by atoms with E-state index in [-0.39, 0.29) is 18.0 Å². The molecular formula is C16H22N2O2. The van der Waals surface area contributed by atoms with Gasteiger partial charge in [0.25, 0.3) is 0 Å². The van der Waals surface area contributed by atoms with Gasteiger partial charge in [-0.15, -0.1) is 0 Å². The van der Waals surface area contributed by atoms with Crippen LogP contribution in [0.5, 0.6) is 0 Å². The molecule has 0 bridgehead atoms. The molecular weight excluding hydrogens is 252 g/mol. The average molecular weight is 274 g/mol. The molecule has 1 aromatic carbocycles. The Bertz CT molecular complexity index is 558. The van der Waals surface area contributed by atoms with E-state index in [2.05, 4.69) is 0 Å². The van der Waals surface area contributed by atoms with Crippen molar-refractivity contribution in [1.29, 1.82) is 0 Å². The molecule has 1 amide bonds. The van der Waals surface area contributed by atoms with Crippen LogP contribution in [0, 0.1) is 0 Å². The van der Waals surface area contributed by atoms with Crippen LogP contribution in [0.2, 0.25) is 0 Å². The molecule has 4 heteroatoms. The third-order valence-electron chi connectivity index (χ3n) is 3.79. The number of hydrogen-bond donors (Lipinski definition) is 1. The van der Waals surface area contributed by atoms with Crippen molar-refractivity contribution in [3.05, 3.63) is 36.1 Å². The van der Waals surface area contributed by atoms with E-state index >= 15 is 0 Å². The lowest BCUT2D eigenvalue weighted by Gasteiger charge is -2.24. The van der Waals surface area contributed by atoms with Crippen molar-refractivity contribution in [1.82, 2.24) is 4.90 Å². The highest BCUT2D eigenvalue weighted by Crippen LogP contribution is 2.27. The quantitative estimate of drug-likeness (QED) is 0.911. The molecule has 0 spiro atoms. The van der Waals surface area contributed by atoms with Gasteiger partial charge in [0.1, 0.15) is 11.3 Å². The molecule has 0 fully saturated rings. The summed E-state index contributed by atoms with van der Waals surface area (Å²) >= 11 is 0. The van der Waals surface area contributed by atoms with Crippen LogP contribution in [0.1, 0.15) is 38.5 Å². The van der Waals surface area contributed by atoms with Crippen LogP contribution in [0.4, 0.5) is 0 Å². The highest BCUT2D eigenvalue weighted by Gasteiger charge is 2.21. The molecule has 0 aliphatic carbocycles. The number of fused-ring (bicyclic) bond motifs is 1. The van der Waals surface area contributed by atoms with E-state index in [9.17, 15) is 4.79 Å². The second-order valence-electron chi connectivity index (χ2n) is 5.24. The zero-order valence-electron chi connectivity index (χ0n) is 12.3. The maximum atomic E-state index is 12.1. The summed E-state index contributed by atoms with van der Waals surface area (Å²) in [4.78, 5) is 13.8. The lowest BCUT2D eigenvalue weighted by atomic mass is 10.1. The second-order valence-corrected chi connectivity index (χ2v) is 5.24. The molecule has 2 rings (SSSR count). The standard InChI is InChI=1S/C16H22N2O2/c1-4-13(17)10-16(19)18(3)11(2)15-9-12-7-5-6-8-14(12)20-15/h5-9,11,13H,4,10,17H2,1-3H3. The summed E-state index contributed by atoms with van der Waals surface area (Å²) in [6, 6.07) is 9.66. The Balaban J connectivity index is 2.13. The first kappa shape index (κ1) is 14.6. The summed E-state index contributed by atoms with van der Waals surface area (Å²) in [5.41, 5.74) is 6.69. The van der Waals surface area contributed by atoms with Crippen LogP contribution >= 0.6 is 0 Å². The number of nitrogens with zero attached hydrogens (tertiary/aromatic N) is 1. The summed E-state index contributed by atoms with van der Waals surface area (Å²) in [5, 5.41) is 1.06. The summed E-state index contributed by atoms with van der Waals surface area (Å²) in [7, 11) is 1.79. The Morgan fingerprint density at radius 3 is 2.75 bits per heavy atom. The molecule has 20 heavy (non-hydrogen) atoms. The van der Waals surface area contributed by atoms with Crippen LogP contribution in [0.15, 0.2) is 34.7 Å². The minimum absolute atomic E-state index is 0.0484. The van der Waals surface area contributed by atoms with E-state index in [4.69, 9.17) is 10.2 Å². The van der Waals surface area contributed by atoms with Gasteiger partial charge in [-0.25, -0.2) is 0 Å². The van der Waals surface area contributed by atoms with Gasteiger partial charge < -0.3 is 15.1 Å². The molecule has 2 unspecified atom stereocenters. The molecule has 4 nitrogen and oxygen atoms in total. The molecule has 2 N–H and O–H groups in total. The van der Waals surface area contributed by atoms with E-state index in [1.807, 2.05) is 44.2 Å². The number of para-hydroxylation sites is 1. The largest absolute Gasteiger partial charge is 0.459 e. The number of amides is 1. The molecule has 1 heterocycles. The third kappa shape index (κ3) is 3.02. The van der Waals surface area contributed by atoms with Crippen molar-refractivity contribution in [2.75, 3.05) is 7.05 Å². The molecule has 2 aromatic rings. The first-order valence-electron chi connectivity index (χ1n) is 7.02. The minimum Gasteiger partial charge on any atom is -0.459 e. The molecule has 1 aromatic heterocycles. The van der Waals surface area contributed by atoms with Crippen LogP contribution in [0.3, 0.4) is 0 Å². The summed E-state index contributed by atoms with van der Waals surface area (Å²) in [6.45, 7) is 3.95. The van der Waals surface area contributed by atoms with E-state index in [0.29, 0.717) is 6.42 Å². The number of carbonyl (C=O) groups excluding carboxylic acids is 1. The Morgan fingerprint density at radius 2 is 2.10 bits per heavy atom. The Morgan fingerprint density at radius 1 is 1.40 bits per heavy atom. The highest BCUT2D eigenvalue weighted by molar-refractivity contribution is 5.79. The van der Waals surface area contributed by atoms with Gasteiger partial charge in [-0.05, 0) is 25.5 Å². The smallest absolute Gasteiger partial charge is 0.224 e. The molecule has 0 radical (unpaired) electrons. The van der Waals surface area contributed by atoms with Gasteiger partial charge in [0.05, 0.1) is 6.04 Å². The summed E-state index contributed by atoms with van der Waals surface area (Å²) < 4.78 is 5.81. The molecule has 2 atom stereocenters. The zero-order valence-corrected chi connectivity index (χ0v) is 12.3. The van der Waals surface area contributed by atoms with Gasteiger partial charge in [-0.1, -0.05) is 25.1 Å². The first-order valence-corrected chi connectivity index (χ1v) is 7.02. The Kier molecular flexibility index (Phi) is 4.45.